The van der Waals surface area contributed by atoms with Gasteiger partial charge in [0.15, 0.2) is 5.42 Å². The predicted octanol–water partition coefficient (Wildman–Crippen LogP) is 0.901. The average molecular weight is 554 g/mol. The number of carbonyl (C=O) groups excluding carboxylic acids is 4. The van der Waals surface area contributed by atoms with E-state index in [1.165, 1.54) is 0 Å². The highest BCUT2D eigenvalue weighted by Crippen LogP contribution is 2.33. The molecule has 1 saturated carbocycles. The van der Waals surface area contributed by atoms with Crippen molar-refractivity contribution < 1.29 is 42.5 Å². The van der Waals surface area contributed by atoms with Crippen LogP contribution in [-0.4, -0.2) is 58.4 Å². The molecule has 1 aromatic heterocycles. The number of esters is 4. The number of nitrogens with one attached hydrogen (secondary N) is 1. The number of fused-ring (bicyclic) bond motifs is 2. The highest BCUT2D eigenvalue weighted by molar-refractivity contribution is 6.22. The first-order valence-electron chi connectivity index (χ1n) is 12.8. The van der Waals surface area contributed by atoms with E-state index in [1.54, 1.807) is 25.1 Å². The highest BCUT2D eigenvalue weighted by Gasteiger charge is 2.45. The maximum absolute atomic E-state index is 14.2. The highest BCUT2D eigenvalue weighted by atomic mass is 16.5. The Bertz CT molecular complexity index is 1610. The molecule has 1 fully saturated rings. The zero-order valence-corrected chi connectivity index (χ0v) is 23.0. The number of rotatable bonds is 6. The number of benzene rings is 1. The largest absolute Gasteiger partial charge is 0.468 e. The Kier molecular flexibility index (Phi) is 8.41. The van der Waals surface area contributed by atoms with E-state index in [-0.39, 0.29) is 33.3 Å². The van der Waals surface area contributed by atoms with Crippen molar-refractivity contribution >= 4 is 46.1 Å². The fourth-order valence-electron chi connectivity index (χ4n) is 5.31. The van der Waals surface area contributed by atoms with Crippen LogP contribution in [0.15, 0.2) is 38.6 Å². The fraction of sp³-hybridized carbons (Fsp3) is 0.414. The van der Waals surface area contributed by atoms with Crippen LogP contribution in [0.25, 0.3) is 22.2 Å². The fourth-order valence-corrected chi connectivity index (χ4v) is 5.31. The summed E-state index contributed by atoms with van der Waals surface area (Å²) >= 11 is 0. The maximum Gasteiger partial charge on any atom is 0.340 e. The third-order valence-electron chi connectivity index (χ3n) is 7.23. The zero-order valence-electron chi connectivity index (χ0n) is 23.0. The second kappa shape index (κ2) is 11.8. The second-order valence-electron chi connectivity index (χ2n) is 9.62. The van der Waals surface area contributed by atoms with Gasteiger partial charge in [-0.05, 0) is 37.5 Å². The van der Waals surface area contributed by atoms with Gasteiger partial charge in [-0.25, -0.2) is 14.4 Å². The maximum atomic E-state index is 14.2. The third-order valence-corrected chi connectivity index (χ3v) is 7.23. The van der Waals surface area contributed by atoms with Gasteiger partial charge in [0.25, 0.3) is 0 Å². The van der Waals surface area contributed by atoms with Gasteiger partial charge in [0.1, 0.15) is 11.5 Å². The number of methoxy groups -OCH3 is 4. The molecule has 11 heteroatoms. The molecule has 2 aromatic rings. The van der Waals surface area contributed by atoms with Crippen LogP contribution in [-0.2, 0) is 38.1 Å². The van der Waals surface area contributed by atoms with Gasteiger partial charge in [0.05, 0.1) is 61.5 Å². The summed E-state index contributed by atoms with van der Waals surface area (Å²) in [5, 5.41) is 3.22. The number of carbonyl (C=O) groups is 4. The van der Waals surface area contributed by atoms with Crippen LogP contribution in [0.1, 0.15) is 37.7 Å². The Morgan fingerprint density at radius 3 is 2.08 bits per heavy atom. The normalized spacial score (nSPS) is 17.6. The molecule has 0 spiro atoms. The van der Waals surface area contributed by atoms with Crippen LogP contribution in [0.5, 0.6) is 0 Å². The first-order valence-corrected chi connectivity index (χ1v) is 12.8. The molecular weight excluding hydrogens is 522 g/mol. The SMILES string of the molecule is COC(=O)C1=C(C(=O)OC)C(C(=O)OC)C(C(=O)OC)=c2oc3cc(C)ccc3c(=O)c2=C1NC1CCCCC1. The predicted molar refractivity (Wildman–Crippen MR) is 142 cm³/mol. The third kappa shape index (κ3) is 4.99. The molecule has 1 atom stereocenters. The first-order chi connectivity index (χ1) is 19.2. The standard InChI is InChI=1S/C29H31NO10/c1-14-11-12-16-17(13-14)40-25-21(29(35)39-5)19(27(33)37-3)18(26(32)36-2)20(28(34)38-4)23(22(25)24(16)31)30-15-9-7-6-8-10-15/h11-13,15,19,30H,6-10H2,1-5H3. The van der Waals surface area contributed by atoms with Gasteiger partial charge in [-0.1, -0.05) is 25.3 Å². The molecule has 0 amide bonds. The van der Waals surface area contributed by atoms with E-state index < -0.39 is 51.9 Å². The summed E-state index contributed by atoms with van der Waals surface area (Å²) in [5.41, 5.74) is -1.60. The van der Waals surface area contributed by atoms with Crippen LogP contribution in [0.4, 0.5) is 0 Å². The Morgan fingerprint density at radius 1 is 0.850 bits per heavy atom. The van der Waals surface area contributed by atoms with E-state index in [0.717, 1.165) is 53.3 Å². The lowest BCUT2D eigenvalue weighted by Gasteiger charge is -2.27. The topological polar surface area (TPSA) is 147 Å². The van der Waals surface area contributed by atoms with E-state index >= 15 is 0 Å². The minimum Gasteiger partial charge on any atom is -0.468 e. The van der Waals surface area contributed by atoms with Gasteiger partial charge in [0, 0.05) is 6.04 Å². The summed E-state index contributed by atoms with van der Waals surface area (Å²) in [5.74, 6) is -6.15. The summed E-state index contributed by atoms with van der Waals surface area (Å²) in [4.78, 5) is 67.8. The van der Waals surface area contributed by atoms with Crippen molar-refractivity contribution in [3.8, 4) is 0 Å². The quantitative estimate of drug-likeness (QED) is 0.402. The second-order valence-corrected chi connectivity index (χ2v) is 9.62. The van der Waals surface area contributed by atoms with Crippen molar-refractivity contribution in [2.45, 2.75) is 45.1 Å². The molecule has 0 saturated heterocycles. The first kappa shape index (κ1) is 28.6. The number of ether oxygens (including phenoxy) is 4. The molecule has 1 unspecified atom stereocenters. The van der Waals surface area contributed by atoms with E-state index in [9.17, 15) is 24.0 Å². The molecule has 1 heterocycles. The summed E-state index contributed by atoms with van der Waals surface area (Å²) in [7, 11) is 4.28. The molecule has 2 aliphatic carbocycles. The number of hydrogen-bond acceptors (Lipinski definition) is 11. The molecule has 1 N–H and O–H groups in total. The molecule has 0 aliphatic heterocycles. The van der Waals surface area contributed by atoms with E-state index in [0.29, 0.717) is 12.8 Å². The number of aryl methyl sites for hydroxylation is 1. The molecule has 0 bridgehead atoms. The van der Waals surface area contributed by atoms with Crippen molar-refractivity contribution in [2.24, 2.45) is 5.92 Å². The lowest BCUT2D eigenvalue weighted by molar-refractivity contribution is -0.147. The van der Waals surface area contributed by atoms with Crippen LogP contribution in [0.2, 0.25) is 0 Å². The zero-order chi connectivity index (χ0) is 29.1. The van der Waals surface area contributed by atoms with Gasteiger partial charge < -0.3 is 28.7 Å². The smallest absolute Gasteiger partial charge is 0.340 e. The van der Waals surface area contributed by atoms with Gasteiger partial charge in [0.2, 0.25) is 5.43 Å². The molecule has 11 nitrogen and oxygen atoms in total. The van der Waals surface area contributed by atoms with Crippen molar-refractivity contribution in [3.05, 3.63) is 55.8 Å². The molecule has 1 aromatic carbocycles. The molecule has 0 radical (unpaired) electrons. The van der Waals surface area contributed by atoms with Crippen LogP contribution in [0.3, 0.4) is 0 Å². The van der Waals surface area contributed by atoms with Gasteiger partial charge in [-0.3, -0.25) is 9.59 Å². The van der Waals surface area contributed by atoms with E-state index in [2.05, 4.69) is 5.32 Å². The Balaban J connectivity index is 2.36. The van der Waals surface area contributed by atoms with Crippen molar-refractivity contribution in [3.63, 3.8) is 0 Å². The molecule has 2 aliphatic rings. The van der Waals surface area contributed by atoms with Crippen molar-refractivity contribution in [1.82, 2.24) is 5.32 Å². The average Bonchev–Trinajstić information content (AvgIpc) is 3.08. The molecule has 40 heavy (non-hydrogen) atoms. The molecule has 212 valence electrons. The summed E-state index contributed by atoms with van der Waals surface area (Å²) in [6.45, 7) is 1.79. The minimum absolute atomic E-state index is 0.0989. The van der Waals surface area contributed by atoms with Crippen molar-refractivity contribution in [2.75, 3.05) is 28.4 Å². The monoisotopic (exact) mass is 553 g/mol. The molecule has 4 rings (SSSR count). The van der Waals surface area contributed by atoms with Crippen molar-refractivity contribution in [1.29, 1.82) is 0 Å². The summed E-state index contributed by atoms with van der Waals surface area (Å²) in [6.07, 6.45) is 4.25. The summed E-state index contributed by atoms with van der Waals surface area (Å²) < 4.78 is 26.2. The summed E-state index contributed by atoms with van der Waals surface area (Å²) in [6, 6.07) is 4.70. The Hall–Kier alpha value is -4.41. The van der Waals surface area contributed by atoms with Gasteiger partial charge >= 0.3 is 23.9 Å². The minimum atomic E-state index is -1.85. The van der Waals surface area contributed by atoms with Gasteiger partial charge in [-0.2, -0.15) is 0 Å². The Labute approximate surface area is 229 Å². The molecular formula is C29H31NO10. The van der Waals surface area contributed by atoms with Crippen LogP contribution >= 0.6 is 0 Å². The van der Waals surface area contributed by atoms with Crippen LogP contribution < -0.4 is 21.4 Å². The van der Waals surface area contributed by atoms with E-state index in [4.69, 9.17) is 23.4 Å². The Morgan fingerprint density at radius 2 is 1.48 bits per heavy atom. The van der Waals surface area contributed by atoms with Gasteiger partial charge in [-0.15, -0.1) is 0 Å². The lowest BCUT2D eigenvalue weighted by Crippen LogP contribution is -2.48. The lowest BCUT2D eigenvalue weighted by atomic mass is 9.87. The van der Waals surface area contributed by atoms with Crippen LogP contribution in [0, 0.1) is 12.8 Å². The number of hydrogen-bond donors (Lipinski definition) is 1. The van der Waals surface area contributed by atoms with E-state index in [1.807, 2.05) is 0 Å².